The highest BCUT2D eigenvalue weighted by Gasteiger charge is 2.39. The maximum atomic E-state index is 15.0. The molecule has 0 aliphatic carbocycles. The van der Waals surface area contributed by atoms with Crippen LogP contribution < -0.4 is 16.4 Å². The number of carboxylic acids is 2. The number of nitrogens with two attached hydrogens (primary N) is 1. The molecule has 0 bridgehead atoms. The number of halogens is 6. The summed E-state index contributed by atoms with van der Waals surface area (Å²) in [4.78, 5) is 60.0. The molecule has 0 spiro atoms. The Hall–Kier alpha value is -4.88. The SMILES string of the molecule is CC(C)(C)[C@H](c1cc(-c2cc(F)ccc2F)cn1Cc1ccccc1)N(CC[C@H](N)C(=O)N[C@H](CCCCNC(=O)CBr)C(=O)O)C(=O)CO.O=C(O)C(F)(F)F. The van der Waals surface area contributed by atoms with Crippen molar-refractivity contribution in [1.82, 2.24) is 20.1 Å². The van der Waals surface area contributed by atoms with Crippen LogP contribution in [0.4, 0.5) is 22.0 Å². The number of unbranched alkanes of at least 4 members (excludes halogenated alkanes) is 1. The summed E-state index contributed by atoms with van der Waals surface area (Å²) in [7, 11) is 0. The summed E-state index contributed by atoms with van der Waals surface area (Å²) in [5.41, 5.74) is 7.48. The first kappa shape index (κ1) is 48.3. The minimum atomic E-state index is -5.08. The number of aliphatic carboxylic acids is 2. The zero-order valence-corrected chi connectivity index (χ0v) is 33.1. The topological polar surface area (TPSA) is 204 Å². The third kappa shape index (κ3) is 15.5. The number of rotatable bonds is 18. The van der Waals surface area contributed by atoms with Crippen molar-refractivity contribution in [2.24, 2.45) is 11.1 Å². The smallest absolute Gasteiger partial charge is 0.480 e. The molecular weight excluding hydrogens is 829 g/mol. The van der Waals surface area contributed by atoms with Gasteiger partial charge >= 0.3 is 18.1 Å². The average Bonchev–Trinajstić information content (AvgIpc) is 3.54. The molecule has 3 atom stereocenters. The maximum absolute atomic E-state index is 15.0. The Labute approximate surface area is 334 Å². The van der Waals surface area contributed by atoms with Crippen LogP contribution in [0.25, 0.3) is 11.1 Å². The van der Waals surface area contributed by atoms with Crippen molar-refractivity contribution < 1.29 is 61.2 Å². The lowest BCUT2D eigenvalue weighted by Gasteiger charge is -2.41. The van der Waals surface area contributed by atoms with E-state index in [-0.39, 0.29) is 36.2 Å². The lowest BCUT2D eigenvalue weighted by Crippen LogP contribution is -2.50. The highest BCUT2D eigenvalue weighted by atomic mass is 79.9. The summed E-state index contributed by atoms with van der Waals surface area (Å²) in [5.74, 6) is -6.77. The second kappa shape index (κ2) is 22.2. The van der Waals surface area contributed by atoms with Gasteiger partial charge in [-0.05, 0) is 60.9 Å². The number of hydrogen-bond acceptors (Lipinski definition) is 7. The van der Waals surface area contributed by atoms with Crippen LogP contribution in [0, 0.1) is 17.0 Å². The van der Waals surface area contributed by atoms with E-state index in [2.05, 4.69) is 26.6 Å². The van der Waals surface area contributed by atoms with E-state index in [1.807, 2.05) is 55.7 Å². The minimum Gasteiger partial charge on any atom is -0.480 e. The highest BCUT2D eigenvalue weighted by molar-refractivity contribution is 9.09. The molecule has 314 valence electrons. The fourth-order valence-corrected chi connectivity index (χ4v) is 5.99. The van der Waals surface area contributed by atoms with Crippen LogP contribution in [-0.2, 0) is 30.5 Å². The molecule has 13 nitrogen and oxygen atoms in total. The van der Waals surface area contributed by atoms with E-state index in [0.29, 0.717) is 37.2 Å². The number of hydrogen-bond donors (Lipinski definition) is 6. The quantitative estimate of drug-likeness (QED) is 0.0578. The molecule has 0 aliphatic rings. The van der Waals surface area contributed by atoms with Crippen LogP contribution in [0.15, 0.2) is 60.8 Å². The Balaban J connectivity index is 0.00000146. The van der Waals surface area contributed by atoms with Crippen LogP contribution in [0.5, 0.6) is 0 Å². The molecule has 2 aromatic carbocycles. The third-order valence-corrected chi connectivity index (χ3v) is 8.98. The van der Waals surface area contributed by atoms with Gasteiger partial charge in [0.25, 0.3) is 0 Å². The summed E-state index contributed by atoms with van der Waals surface area (Å²) < 4.78 is 62.9. The fourth-order valence-electron chi connectivity index (χ4n) is 5.79. The van der Waals surface area contributed by atoms with Gasteiger partial charge in [-0.2, -0.15) is 13.2 Å². The van der Waals surface area contributed by atoms with Crippen LogP contribution in [-0.4, -0.2) is 97.7 Å². The molecule has 7 N–H and O–H groups in total. The van der Waals surface area contributed by atoms with Gasteiger partial charge in [0, 0.05) is 42.7 Å². The number of amides is 3. The van der Waals surface area contributed by atoms with Crippen molar-refractivity contribution in [2.75, 3.05) is 25.0 Å². The van der Waals surface area contributed by atoms with E-state index in [4.69, 9.17) is 15.6 Å². The van der Waals surface area contributed by atoms with Crippen molar-refractivity contribution in [3.8, 4) is 11.1 Å². The van der Waals surface area contributed by atoms with Crippen LogP contribution in [0.1, 0.15) is 63.8 Å². The van der Waals surface area contributed by atoms with E-state index in [0.717, 1.165) is 23.8 Å². The molecule has 3 amide bonds. The third-order valence-electron chi connectivity index (χ3n) is 8.47. The summed E-state index contributed by atoms with van der Waals surface area (Å²) in [5, 5.41) is 32.2. The number of carboxylic acid groups (broad SMARTS) is 2. The molecule has 0 fully saturated rings. The average molecular weight is 877 g/mol. The van der Waals surface area contributed by atoms with E-state index >= 15 is 0 Å². The lowest BCUT2D eigenvalue weighted by atomic mass is 9.82. The van der Waals surface area contributed by atoms with Gasteiger partial charge in [0.05, 0.1) is 17.4 Å². The Bertz CT molecular complexity index is 1820. The van der Waals surface area contributed by atoms with Gasteiger partial charge in [0.2, 0.25) is 17.7 Å². The van der Waals surface area contributed by atoms with Crippen LogP contribution in [0.3, 0.4) is 0 Å². The van der Waals surface area contributed by atoms with Gasteiger partial charge in [-0.15, -0.1) is 0 Å². The zero-order chi connectivity index (χ0) is 43.1. The maximum Gasteiger partial charge on any atom is 0.490 e. The standard InChI is InChI=1S/C36H46BrF2N5O6.C2HF3O2/c1-36(2,3)33(30-17-24(26-18-25(38)12-13-27(26)39)21-43(30)20-23-9-5-4-6-10-23)44(32(47)22-45)16-14-28(40)34(48)42-29(35(49)50)11-7-8-15-41-31(46)19-37;3-2(4,5)1(6)7/h4-6,9-10,12-13,17-18,21,28-29,33,45H,7-8,11,14-16,19-20,22,40H2,1-3H3,(H,41,46)(H,42,48)(H,49,50);(H,6,7)/t28-,29+,33-;/m0./s1. The van der Waals surface area contributed by atoms with Crippen molar-refractivity contribution >= 4 is 45.6 Å². The predicted molar refractivity (Wildman–Crippen MR) is 203 cm³/mol. The first-order valence-corrected chi connectivity index (χ1v) is 18.7. The molecular formula is C38H47BrF5N5O8. The molecule has 0 aliphatic heterocycles. The predicted octanol–water partition coefficient (Wildman–Crippen LogP) is 4.99. The normalized spacial score (nSPS) is 13.0. The molecule has 3 aromatic rings. The number of carbonyl (C=O) groups is 5. The van der Waals surface area contributed by atoms with E-state index in [1.165, 1.54) is 4.90 Å². The van der Waals surface area contributed by atoms with E-state index in [1.54, 1.807) is 12.3 Å². The molecule has 0 unspecified atom stereocenters. The zero-order valence-electron chi connectivity index (χ0n) is 31.5. The second-order valence-corrected chi connectivity index (χ2v) is 14.5. The summed E-state index contributed by atoms with van der Waals surface area (Å²) in [6.45, 7) is 5.47. The molecule has 1 aromatic heterocycles. The van der Waals surface area contributed by atoms with Crippen molar-refractivity contribution in [1.29, 1.82) is 0 Å². The van der Waals surface area contributed by atoms with Gasteiger partial charge in [0.1, 0.15) is 24.3 Å². The fraction of sp³-hybridized carbons (Fsp3) is 0.447. The van der Waals surface area contributed by atoms with E-state index < -0.39 is 71.7 Å². The first-order valence-electron chi connectivity index (χ1n) is 17.6. The van der Waals surface area contributed by atoms with Gasteiger partial charge in [-0.3, -0.25) is 14.4 Å². The molecule has 57 heavy (non-hydrogen) atoms. The van der Waals surface area contributed by atoms with E-state index in [9.17, 15) is 51.3 Å². The summed E-state index contributed by atoms with van der Waals surface area (Å²) >= 11 is 3.05. The number of aliphatic hydroxyl groups is 1. The number of alkyl halides is 4. The van der Waals surface area contributed by atoms with Gasteiger partial charge < -0.3 is 41.2 Å². The summed E-state index contributed by atoms with van der Waals surface area (Å²) in [6.07, 6.45) is -2.41. The molecule has 0 saturated heterocycles. The molecule has 3 rings (SSSR count). The second-order valence-electron chi connectivity index (χ2n) is 14.0. The lowest BCUT2D eigenvalue weighted by molar-refractivity contribution is -0.192. The van der Waals surface area contributed by atoms with Crippen LogP contribution >= 0.6 is 15.9 Å². The Morgan fingerprint density at radius 3 is 2.12 bits per heavy atom. The number of carbonyl (C=O) groups excluding carboxylic acids is 3. The monoisotopic (exact) mass is 875 g/mol. The van der Waals surface area contributed by atoms with Gasteiger partial charge in [-0.25, -0.2) is 18.4 Å². The van der Waals surface area contributed by atoms with Crippen molar-refractivity contribution in [3.63, 3.8) is 0 Å². The first-order chi connectivity index (χ1) is 26.6. The molecule has 1 heterocycles. The summed E-state index contributed by atoms with van der Waals surface area (Å²) in [6, 6.07) is 11.2. The molecule has 0 radical (unpaired) electrons. The Morgan fingerprint density at radius 2 is 1.58 bits per heavy atom. The highest BCUT2D eigenvalue weighted by Crippen LogP contribution is 2.41. The van der Waals surface area contributed by atoms with Crippen molar-refractivity contribution in [3.05, 3.63) is 83.7 Å². The largest absolute Gasteiger partial charge is 0.490 e. The van der Waals surface area contributed by atoms with Gasteiger partial charge in [-0.1, -0.05) is 67.0 Å². The number of benzene rings is 2. The molecule has 0 saturated carbocycles. The Morgan fingerprint density at radius 1 is 0.947 bits per heavy atom. The molecule has 19 heteroatoms. The minimum absolute atomic E-state index is 0.0427. The number of nitrogens with one attached hydrogen (secondary N) is 2. The van der Waals surface area contributed by atoms with Crippen LogP contribution in [0.2, 0.25) is 0 Å². The number of aromatic nitrogens is 1. The number of nitrogens with zero attached hydrogens (tertiary/aromatic N) is 2. The Kier molecular flexibility index (Phi) is 18.8. The van der Waals surface area contributed by atoms with Gasteiger partial charge in [0.15, 0.2) is 0 Å². The van der Waals surface area contributed by atoms with Crippen molar-refractivity contribution in [2.45, 2.75) is 77.3 Å². The number of aliphatic hydroxyl groups excluding tert-OH is 1.